The van der Waals surface area contributed by atoms with E-state index < -0.39 is 0 Å². The molecule has 0 aliphatic carbocycles. The van der Waals surface area contributed by atoms with E-state index in [2.05, 4.69) is 10.6 Å². The Morgan fingerprint density at radius 3 is 2.14 bits per heavy atom. The predicted molar refractivity (Wildman–Crippen MR) is 86.6 cm³/mol. The van der Waals surface area contributed by atoms with Gasteiger partial charge in [0.25, 0.3) is 0 Å². The summed E-state index contributed by atoms with van der Waals surface area (Å²) in [5.41, 5.74) is 0. The minimum atomic E-state index is -0.304. The van der Waals surface area contributed by atoms with Gasteiger partial charge in [0.1, 0.15) is 12.1 Å². The lowest BCUT2D eigenvalue weighted by molar-refractivity contribution is -0.150. The van der Waals surface area contributed by atoms with Crippen LogP contribution in [-0.2, 0) is 19.1 Å². The van der Waals surface area contributed by atoms with Gasteiger partial charge >= 0.3 is 11.9 Å². The molecule has 0 bridgehead atoms. The van der Waals surface area contributed by atoms with Crippen molar-refractivity contribution in [1.82, 2.24) is 10.6 Å². The molecule has 0 amide bonds. The Balaban J connectivity index is 3.71. The molecule has 1 unspecified atom stereocenters. The molecule has 130 valence electrons. The lowest BCUT2D eigenvalue weighted by atomic mass is 10.2. The molecule has 0 rings (SSSR count). The summed E-state index contributed by atoms with van der Waals surface area (Å²) in [6.45, 7) is 12.6. The van der Waals surface area contributed by atoms with E-state index in [1.165, 1.54) is 0 Å². The van der Waals surface area contributed by atoms with Gasteiger partial charge in [0.15, 0.2) is 0 Å². The quantitative estimate of drug-likeness (QED) is 0.446. The van der Waals surface area contributed by atoms with E-state index in [0.29, 0.717) is 25.9 Å². The fraction of sp³-hybridized carbons (Fsp3) is 0.875. The highest BCUT2D eigenvalue weighted by molar-refractivity contribution is 5.75. The van der Waals surface area contributed by atoms with E-state index in [0.717, 1.165) is 0 Å². The van der Waals surface area contributed by atoms with Crippen LogP contribution in [0.2, 0.25) is 0 Å². The molecule has 0 aromatic carbocycles. The summed E-state index contributed by atoms with van der Waals surface area (Å²) in [6, 6.07) is -0.0636. The molecule has 2 N–H and O–H groups in total. The Bertz CT molecular complexity index is 332. The lowest BCUT2D eigenvalue weighted by Gasteiger charge is -2.19. The third kappa shape index (κ3) is 11.5. The summed E-state index contributed by atoms with van der Waals surface area (Å²) in [6.07, 6.45) is 0.827. The van der Waals surface area contributed by atoms with Crippen LogP contribution in [0.25, 0.3) is 0 Å². The van der Waals surface area contributed by atoms with Crippen molar-refractivity contribution in [2.24, 2.45) is 0 Å². The van der Waals surface area contributed by atoms with E-state index in [4.69, 9.17) is 9.47 Å². The molecule has 0 heterocycles. The normalized spacial score (nSPS) is 14.0. The van der Waals surface area contributed by atoms with E-state index in [1.807, 2.05) is 34.6 Å². The number of hydrogen-bond acceptors (Lipinski definition) is 6. The van der Waals surface area contributed by atoms with Crippen molar-refractivity contribution in [1.29, 1.82) is 0 Å². The molecule has 22 heavy (non-hydrogen) atoms. The average molecular weight is 316 g/mol. The van der Waals surface area contributed by atoms with Gasteiger partial charge in [-0.05, 0) is 40.7 Å². The monoisotopic (exact) mass is 316 g/mol. The summed E-state index contributed by atoms with van der Waals surface area (Å²) in [5.74, 6) is -0.433. The van der Waals surface area contributed by atoms with Crippen LogP contribution >= 0.6 is 0 Å². The third-order valence-electron chi connectivity index (χ3n) is 2.85. The van der Waals surface area contributed by atoms with Crippen molar-refractivity contribution in [3.05, 3.63) is 0 Å². The Labute approximate surface area is 134 Å². The van der Waals surface area contributed by atoms with Gasteiger partial charge in [0.2, 0.25) is 0 Å². The smallest absolute Gasteiger partial charge is 0.323 e. The van der Waals surface area contributed by atoms with Crippen molar-refractivity contribution in [2.75, 3.05) is 13.1 Å². The predicted octanol–water partition coefficient (Wildman–Crippen LogP) is 1.63. The second-order valence-electron chi connectivity index (χ2n) is 6.12. The highest BCUT2D eigenvalue weighted by Gasteiger charge is 2.17. The number of hydrogen-bond donors (Lipinski definition) is 2. The van der Waals surface area contributed by atoms with Gasteiger partial charge in [-0.3, -0.25) is 9.59 Å². The van der Waals surface area contributed by atoms with E-state index in [1.54, 1.807) is 6.92 Å². The van der Waals surface area contributed by atoms with Gasteiger partial charge in [-0.15, -0.1) is 0 Å². The molecule has 2 atom stereocenters. The zero-order chi connectivity index (χ0) is 17.1. The van der Waals surface area contributed by atoms with Gasteiger partial charge in [0, 0.05) is 12.6 Å². The molecule has 6 heteroatoms. The minimum absolute atomic E-state index is 0.0756. The van der Waals surface area contributed by atoms with Crippen molar-refractivity contribution in [2.45, 2.75) is 78.7 Å². The van der Waals surface area contributed by atoms with Crippen molar-refractivity contribution < 1.29 is 19.1 Å². The lowest BCUT2D eigenvalue weighted by Crippen LogP contribution is -2.40. The molecule has 0 radical (unpaired) electrons. The molecule has 0 saturated carbocycles. The SMILES string of the molecule is CC(C)N[C@@H](C)C(=O)OC(C)CCNCCC(=O)OC(C)C. The molecule has 0 fully saturated rings. The number of rotatable bonds is 11. The first kappa shape index (κ1) is 20.9. The molecule has 0 aliphatic rings. The van der Waals surface area contributed by atoms with E-state index >= 15 is 0 Å². The van der Waals surface area contributed by atoms with Crippen molar-refractivity contribution in [3.8, 4) is 0 Å². The molecule has 0 aromatic heterocycles. The Morgan fingerprint density at radius 1 is 0.955 bits per heavy atom. The summed E-state index contributed by atoms with van der Waals surface area (Å²) >= 11 is 0. The van der Waals surface area contributed by atoms with E-state index in [-0.39, 0.29) is 36.2 Å². The minimum Gasteiger partial charge on any atom is -0.463 e. The number of nitrogens with one attached hydrogen (secondary N) is 2. The van der Waals surface area contributed by atoms with Crippen LogP contribution in [0.4, 0.5) is 0 Å². The summed E-state index contributed by atoms with van der Waals surface area (Å²) in [7, 11) is 0. The van der Waals surface area contributed by atoms with Gasteiger partial charge in [-0.2, -0.15) is 0 Å². The van der Waals surface area contributed by atoms with Crippen LogP contribution in [0.5, 0.6) is 0 Å². The first-order chi connectivity index (χ1) is 10.2. The van der Waals surface area contributed by atoms with Crippen LogP contribution in [0.15, 0.2) is 0 Å². The van der Waals surface area contributed by atoms with Crippen LogP contribution < -0.4 is 10.6 Å². The molecule has 0 aromatic rings. The van der Waals surface area contributed by atoms with Gasteiger partial charge < -0.3 is 20.1 Å². The fourth-order valence-corrected chi connectivity index (χ4v) is 1.87. The number of ether oxygens (including phenoxy) is 2. The van der Waals surface area contributed by atoms with Crippen molar-refractivity contribution in [3.63, 3.8) is 0 Å². The fourth-order valence-electron chi connectivity index (χ4n) is 1.87. The number of carbonyl (C=O) groups is 2. The van der Waals surface area contributed by atoms with Crippen LogP contribution in [0.1, 0.15) is 54.4 Å². The summed E-state index contributed by atoms with van der Waals surface area (Å²) < 4.78 is 10.4. The van der Waals surface area contributed by atoms with Crippen LogP contribution in [-0.4, -0.2) is 49.3 Å². The topological polar surface area (TPSA) is 76.7 Å². The Hall–Kier alpha value is -1.14. The zero-order valence-corrected chi connectivity index (χ0v) is 14.8. The third-order valence-corrected chi connectivity index (χ3v) is 2.85. The highest BCUT2D eigenvalue weighted by Crippen LogP contribution is 2.00. The first-order valence-electron chi connectivity index (χ1n) is 8.09. The first-order valence-corrected chi connectivity index (χ1v) is 8.09. The zero-order valence-electron chi connectivity index (χ0n) is 14.8. The van der Waals surface area contributed by atoms with Gasteiger partial charge in [-0.25, -0.2) is 0 Å². The maximum absolute atomic E-state index is 11.8. The van der Waals surface area contributed by atoms with Gasteiger partial charge in [-0.1, -0.05) is 13.8 Å². The summed E-state index contributed by atoms with van der Waals surface area (Å²) in [4.78, 5) is 23.1. The standard InChI is InChI=1S/C16H32N2O4/c1-11(2)18-14(6)16(20)22-13(5)7-9-17-10-8-15(19)21-12(3)4/h11-14,17-18H,7-10H2,1-6H3/t13?,14-/m0/s1. The maximum atomic E-state index is 11.8. The average Bonchev–Trinajstić information content (AvgIpc) is 2.36. The van der Waals surface area contributed by atoms with Crippen molar-refractivity contribution >= 4 is 11.9 Å². The molecular formula is C16H32N2O4. The summed E-state index contributed by atoms with van der Waals surface area (Å²) in [5, 5.41) is 6.26. The van der Waals surface area contributed by atoms with Crippen LogP contribution in [0.3, 0.4) is 0 Å². The number of esters is 2. The largest absolute Gasteiger partial charge is 0.463 e. The number of carbonyl (C=O) groups excluding carboxylic acids is 2. The maximum Gasteiger partial charge on any atom is 0.323 e. The highest BCUT2D eigenvalue weighted by atomic mass is 16.5. The Morgan fingerprint density at radius 2 is 1.59 bits per heavy atom. The molecular weight excluding hydrogens is 284 g/mol. The molecule has 0 saturated heterocycles. The van der Waals surface area contributed by atoms with Gasteiger partial charge in [0.05, 0.1) is 12.5 Å². The Kier molecular flexibility index (Phi) is 10.8. The molecule has 0 spiro atoms. The van der Waals surface area contributed by atoms with E-state index in [9.17, 15) is 9.59 Å². The molecule has 0 aliphatic heterocycles. The second kappa shape index (κ2) is 11.4. The van der Waals surface area contributed by atoms with Crippen LogP contribution in [0, 0.1) is 0 Å². The second-order valence-corrected chi connectivity index (χ2v) is 6.12. The molecule has 6 nitrogen and oxygen atoms in total.